The number of amides is 1. The minimum absolute atomic E-state index is 0.139. The highest BCUT2D eigenvalue weighted by Gasteiger charge is 2.29. The Morgan fingerprint density at radius 1 is 1.16 bits per heavy atom. The Morgan fingerprint density at radius 3 is 2.32 bits per heavy atom. The first-order valence-corrected chi connectivity index (χ1v) is 9.66. The Kier molecular flexibility index (Phi) is 5.61. The van der Waals surface area contributed by atoms with Crippen LogP contribution in [0.1, 0.15) is 19.4 Å². The fourth-order valence-electron chi connectivity index (χ4n) is 1.95. The smallest absolute Gasteiger partial charge is 0.313 e. The van der Waals surface area contributed by atoms with Crippen LogP contribution in [0.3, 0.4) is 0 Å². The van der Waals surface area contributed by atoms with Gasteiger partial charge in [-0.25, -0.2) is 13.1 Å². The first-order chi connectivity index (χ1) is 11.6. The number of carbonyl (C=O) groups is 2. The molecule has 0 aliphatic rings. The summed E-state index contributed by atoms with van der Waals surface area (Å²) < 4.78 is 26.2. The molecule has 0 saturated heterocycles. The lowest BCUT2D eigenvalue weighted by atomic mass is 9.85. The van der Waals surface area contributed by atoms with E-state index in [9.17, 15) is 23.1 Å². The van der Waals surface area contributed by atoms with Crippen molar-refractivity contribution in [3.63, 3.8) is 0 Å². The SMILES string of the molecule is CC(C)(C(=O)O)c1ccc(NC(=O)CNS(=O)(=O)c2cccs2)cc1. The van der Waals surface area contributed by atoms with Gasteiger partial charge in [-0.05, 0) is 43.0 Å². The quantitative estimate of drug-likeness (QED) is 0.678. The van der Waals surface area contributed by atoms with Gasteiger partial charge in [0.15, 0.2) is 0 Å². The lowest BCUT2D eigenvalue weighted by Gasteiger charge is -2.19. The Morgan fingerprint density at radius 2 is 1.80 bits per heavy atom. The van der Waals surface area contributed by atoms with E-state index in [0.29, 0.717) is 11.3 Å². The van der Waals surface area contributed by atoms with E-state index in [4.69, 9.17) is 0 Å². The zero-order valence-corrected chi connectivity index (χ0v) is 15.3. The minimum Gasteiger partial charge on any atom is -0.481 e. The van der Waals surface area contributed by atoms with Gasteiger partial charge in [-0.1, -0.05) is 18.2 Å². The van der Waals surface area contributed by atoms with Crippen LogP contribution in [0.25, 0.3) is 0 Å². The number of carboxylic acid groups (broad SMARTS) is 1. The van der Waals surface area contributed by atoms with E-state index in [2.05, 4.69) is 10.0 Å². The van der Waals surface area contributed by atoms with Crippen molar-refractivity contribution in [3.8, 4) is 0 Å². The van der Waals surface area contributed by atoms with Crippen LogP contribution in [0.15, 0.2) is 46.0 Å². The monoisotopic (exact) mass is 382 g/mol. The van der Waals surface area contributed by atoms with Crippen LogP contribution in [0.4, 0.5) is 5.69 Å². The zero-order valence-electron chi connectivity index (χ0n) is 13.6. The number of aliphatic carboxylic acids is 1. The number of hydrogen-bond donors (Lipinski definition) is 3. The number of sulfonamides is 1. The largest absolute Gasteiger partial charge is 0.481 e. The molecule has 1 amide bonds. The van der Waals surface area contributed by atoms with E-state index < -0.39 is 33.9 Å². The third-order valence-electron chi connectivity index (χ3n) is 3.61. The van der Waals surface area contributed by atoms with Gasteiger partial charge in [-0.2, -0.15) is 0 Å². The standard InChI is InChI=1S/C16H18N2O5S2/c1-16(2,15(20)21)11-5-7-12(8-6-11)18-13(19)10-17-25(22,23)14-4-3-9-24-14/h3-9,17H,10H2,1-2H3,(H,18,19)(H,20,21). The number of benzene rings is 1. The van der Waals surface area contributed by atoms with Crippen molar-refractivity contribution in [2.75, 3.05) is 11.9 Å². The third kappa shape index (κ3) is 4.65. The van der Waals surface area contributed by atoms with Crippen LogP contribution < -0.4 is 10.0 Å². The van der Waals surface area contributed by atoms with Gasteiger partial charge >= 0.3 is 5.97 Å². The summed E-state index contributed by atoms with van der Waals surface area (Å²) in [5.41, 5.74) is 0.000424. The van der Waals surface area contributed by atoms with Crippen LogP contribution in [-0.4, -0.2) is 31.9 Å². The van der Waals surface area contributed by atoms with E-state index in [1.165, 1.54) is 6.07 Å². The van der Waals surface area contributed by atoms with Crippen molar-refractivity contribution in [1.82, 2.24) is 4.72 Å². The molecule has 2 aromatic rings. The lowest BCUT2D eigenvalue weighted by Crippen LogP contribution is -2.32. The van der Waals surface area contributed by atoms with Crippen molar-refractivity contribution in [2.45, 2.75) is 23.5 Å². The summed E-state index contributed by atoms with van der Waals surface area (Å²) in [5.74, 6) is -1.47. The number of rotatable bonds is 7. The molecule has 0 unspecified atom stereocenters. The van der Waals surface area contributed by atoms with E-state index >= 15 is 0 Å². The summed E-state index contributed by atoms with van der Waals surface area (Å²) in [4.78, 5) is 23.1. The van der Waals surface area contributed by atoms with E-state index in [0.717, 1.165) is 11.3 Å². The van der Waals surface area contributed by atoms with Gasteiger partial charge in [0.25, 0.3) is 10.0 Å². The highest BCUT2D eigenvalue weighted by atomic mass is 32.2. The summed E-state index contributed by atoms with van der Waals surface area (Å²) >= 11 is 1.06. The molecular weight excluding hydrogens is 364 g/mol. The Hall–Kier alpha value is -2.23. The average Bonchev–Trinajstić information content (AvgIpc) is 3.09. The molecule has 7 nitrogen and oxygen atoms in total. The molecule has 2 rings (SSSR count). The molecule has 3 N–H and O–H groups in total. The second kappa shape index (κ2) is 7.34. The first kappa shape index (κ1) is 19.1. The second-order valence-corrected chi connectivity index (χ2v) is 8.75. The zero-order chi connectivity index (χ0) is 18.7. The molecule has 0 spiro atoms. The minimum atomic E-state index is -3.70. The van der Waals surface area contributed by atoms with Crippen molar-refractivity contribution < 1.29 is 23.1 Å². The van der Waals surface area contributed by atoms with E-state index in [1.54, 1.807) is 49.6 Å². The Bertz CT molecular complexity index is 856. The fraction of sp³-hybridized carbons (Fsp3) is 0.250. The van der Waals surface area contributed by atoms with Crippen molar-refractivity contribution in [1.29, 1.82) is 0 Å². The molecule has 134 valence electrons. The van der Waals surface area contributed by atoms with E-state index in [-0.39, 0.29) is 4.21 Å². The maximum Gasteiger partial charge on any atom is 0.313 e. The van der Waals surface area contributed by atoms with Gasteiger partial charge in [-0.15, -0.1) is 11.3 Å². The molecule has 25 heavy (non-hydrogen) atoms. The van der Waals surface area contributed by atoms with Gasteiger partial charge in [0.05, 0.1) is 12.0 Å². The molecule has 0 atom stereocenters. The highest BCUT2D eigenvalue weighted by Crippen LogP contribution is 2.24. The number of nitrogens with one attached hydrogen (secondary N) is 2. The molecule has 0 bridgehead atoms. The predicted octanol–water partition coefficient (Wildman–Crippen LogP) is 2.03. The van der Waals surface area contributed by atoms with Crippen LogP contribution in [-0.2, 0) is 25.0 Å². The molecular formula is C16H18N2O5S2. The van der Waals surface area contributed by atoms with Gasteiger partial charge in [0.1, 0.15) is 4.21 Å². The van der Waals surface area contributed by atoms with Crippen LogP contribution in [0.5, 0.6) is 0 Å². The third-order valence-corrected chi connectivity index (χ3v) is 6.41. The maximum absolute atomic E-state index is 11.9. The van der Waals surface area contributed by atoms with Crippen molar-refractivity contribution in [2.24, 2.45) is 0 Å². The molecule has 0 aliphatic heterocycles. The molecule has 1 aromatic carbocycles. The molecule has 0 radical (unpaired) electrons. The number of hydrogen-bond acceptors (Lipinski definition) is 5. The summed E-state index contributed by atoms with van der Waals surface area (Å²) in [6.07, 6.45) is 0. The van der Waals surface area contributed by atoms with Gasteiger partial charge in [0, 0.05) is 5.69 Å². The van der Waals surface area contributed by atoms with Crippen molar-refractivity contribution >= 4 is 38.9 Å². The lowest BCUT2D eigenvalue weighted by molar-refractivity contribution is -0.142. The summed E-state index contributed by atoms with van der Waals surface area (Å²) in [5, 5.41) is 13.4. The second-order valence-electron chi connectivity index (χ2n) is 5.81. The maximum atomic E-state index is 11.9. The average molecular weight is 382 g/mol. The van der Waals surface area contributed by atoms with Crippen LogP contribution >= 0.6 is 11.3 Å². The number of carboxylic acids is 1. The highest BCUT2D eigenvalue weighted by molar-refractivity contribution is 7.91. The Labute approximate surface area is 149 Å². The molecule has 0 saturated carbocycles. The Balaban J connectivity index is 1.96. The van der Waals surface area contributed by atoms with E-state index in [1.807, 2.05) is 0 Å². The number of thiophene rings is 1. The molecule has 0 fully saturated rings. The topological polar surface area (TPSA) is 113 Å². The normalized spacial score (nSPS) is 11.9. The summed E-state index contributed by atoms with van der Waals surface area (Å²) in [6, 6.07) is 9.43. The molecule has 1 heterocycles. The van der Waals surface area contributed by atoms with Crippen LogP contribution in [0, 0.1) is 0 Å². The van der Waals surface area contributed by atoms with Gasteiger partial charge in [0.2, 0.25) is 5.91 Å². The van der Waals surface area contributed by atoms with Crippen molar-refractivity contribution in [3.05, 3.63) is 47.3 Å². The molecule has 9 heteroatoms. The first-order valence-electron chi connectivity index (χ1n) is 7.30. The molecule has 1 aromatic heterocycles. The number of carbonyl (C=O) groups excluding carboxylic acids is 1. The van der Waals surface area contributed by atoms with Gasteiger partial charge < -0.3 is 10.4 Å². The predicted molar refractivity (Wildman–Crippen MR) is 95.2 cm³/mol. The summed E-state index contributed by atoms with van der Waals surface area (Å²) in [6.45, 7) is 2.77. The fourth-order valence-corrected chi connectivity index (χ4v) is 3.97. The van der Waals surface area contributed by atoms with Crippen LogP contribution in [0.2, 0.25) is 0 Å². The summed E-state index contributed by atoms with van der Waals surface area (Å²) in [7, 11) is -3.70. The molecule has 0 aliphatic carbocycles. The van der Waals surface area contributed by atoms with Gasteiger partial charge in [-0.3, -0.25) is 9.59 Å². The number of anilines is 1.